The average Bonchev–Trinajstić information content (AvgIpc) is 1.64. The van der Waals surface area contributed by atoms with E-state index in [1.54, 1.807) is 68.9 Å². The van der Waals surface area contributed by atoms with Gasteiger partial charge in [-0.3, -0.25) is 14.4 Å². The summed E-state index contributed by atoms with van der Waals surface area (Å²) in [6.45, 7) is 4.09. The number of nitrogens with one attached hydrogen (secondary N) is 2. The van der Waals surface area contributed by atoms with Crippen LogP contribution in [-0.2, 0) is 14.4 Å². The summed E-state index contributed by atoms with van der Waals surface area (Å²) in [5.74, 6) is 0.334. The minimum absolute atomic E-state index is 0. The van der Waals surface area contributed by atoms with Crippen molar-refractivity contribution in [3.63, 3.8) is 0 Å². The van der Waals surface area contributed by atoms with E-state index in [2.05, 4.69) is 95.9 Å². The summed E-state index contributed by atoms with van der Waals surface area (Å²) < 4.78 is 6.78. The number of halogens is 5. The number of rotatable bonds is 16. The van der Waals surface area contributed by atoms with Gasteiger partial charge in [0.15, 0.2) is 16.9 Å². The van der Waals surface area contributed by atoms with Crippen molar-refractivity contribution in [1.29, 1.82) is 0 Å². The summed E-state index contributed by atoms with van der Waals surface area (Å²) in [5.41, 5.74) is 27.2. The number of anilines is 5. The first-order chi connectivity index (χ1) is 45.4. The molecule has 0 spiro atoms. The standard InChI is InChI=1S/C23H22ClN7O.C17H18IN7O.C12H10IN5.C6H6BClO2.C6H10ClNO.2CH4/c1-30(2)12-4-7-19(32)28-17-5-3-6-18(13-17)31-23-20(22(25)26-14-27-23)21(29-31)15-8-10-16(24)11-9-15;1-24(2)8-4-7-13(26)22-11-5-3-6-12(9-11)25-17-14(15(18)23-25)16(19)20-10-21-17;1-7-10-11(13)17-18(12(10)16-6-15-7)9-4-2-3-8(14)5-9;8-6-3-1-5(2-4-6)7(9)10;1-8(2)5-3-4-6(7)9;;/h3-11,13-14H,12H2,1-2H3,(H,28,32)(H2,25,26,27);3-7,9-10H,8H2,1-2H3,(H,22,26)(H2,19,20,21);2-6H,14H2,1H3;1-4,9-10H;3-4H,5H2,1-2H3;2*1H4/b2*7-4+;;;4-3+;;. The van der Waals surface area contributed by atoms with Crippen LogP contribution in [0.25, 0.3) is 61.4 Å². The molecule has 0 aliphatic rings. The molecule has 97 heavy (non-hydrogen) atoms. The third-order valence-electron chi connectivity index (χ3n) is 12.9. The first-order valence-corrected chi connectivity index (χ1v) is 31.9. The lowest BCUT2D eigenvalue weighted by atomic mass is 9.81. The number of hydrogen-bond donors (Lipinski definition) is 7. The molecule has 25 nitrogen and oxygen atoms in total. The number of allylic oxidation sites excluding steroid dienone is 1. The van der Waals surface area contributed by atoms with Crippen LogP contribution in [0.15, 0.2) is 177 Å². The second-order valence-electron chi connectivity index (χ2n) is 21.1. The van der Waals surface area contributed by atoms with Gasteiger partial charge < -0.3 is 52.6 Å². The fraction of sp³-hybridized carbons (Fsp3) is 0.182. The van der Waals surface area contributed by atoms with Crippen molar-refractivity contribution in [2.75, 3.05) is 89.8 Å². The van der Waals surface area contributed by atoms with Crippen molar-refractivity contribution < 1.29 is 24.4 Å². The molecule has 0 fully saturated rings. The molecule has 506 valence electrons. The van der Waals surface area contributed by atoms with Gasteiger partial charge in [-0.1, -0.05) is 98.7 Å². The molecule has 0 bridgehead atoms. The maximum absolute atomic E-state index is 12.2. The fourth-order valence-electron chi connectivity index (χ4n) is 8.49. The summed E-state index contributed by atoms with van der Waals surface area (Å²) in [6, 6.07) is 36.0. The van der Waals surface area contributed by atoms with Gasteiger partial charge >= 0.3 is 7.12 Å². The molecule has 0 aliphatic carbocycles. The Kier molecular flexibility index (Phi) is 31.1. The number of benzene rings is 5. The van der Waals surface area contributed by atoms with Crippen LogP contribution >= 0.6 is 80.0 Å². The first kappa shape index (κ1) is 78.9. The van der Waals surface area contributed by atoms with Gasteiger partial charge in [-0.2, -0.15) is 15.3 Å². The third kappa shape index (κ3) is 23.2. The number of likely N-dealkylation sites (N-methyl/N-ethyl adjacent to an activating group) is 3. The SMILES string of the molecule is C.C.CN(C)C/C=C/C(=O)Cl.CN(C)C/C=C/C(=O)Nc1cccc(-n2nc(-c3ccc(Cl)cc3)c3c(N)ncnc32)c1.CN(C)C/C=C/C(=O)Nc1cccc(-n2nc(I)c3c(N)ncnc32)c1.Cc1ncnc2c1c(I)nn2-c1cccc(N)c1.OB(O)c1ccc(Cl)cc1. The van der Waals surface area contributed by atoms with Gasteiger partial charge in [0.1, 0.15) is 43.7 Å². The molecule has 0 radical (unpaired) electrons. The van der Waals surface area contributed by atoms with Gasteiger partial charge in [-0.05, 0) is 196 Å². The topological polar surface area (TPSA) is 334 Å². The zero-order chi connectivity index (χ0) is 68.9. The number of carbonyl (C=O) groups is 3. The molecule has 11 aromatic rings. The predicted octanol–water partition coefficient (Wildman–Crippen LogP) is 10.3. The molecule has 0 saturated carbocycles. The van der Waals surface area contributed by atoms with E-state index in [-0.39, 0.29) is 26.7 Å². The number of nitrogen functional groups attached to an aromatic ring is 3. The van der Waals surface area contributed by atoms with E-state index in [1.165, 1.54) is 30.9 Å². The highest BCUT2D eigenvalue weighted by atomic mass is 127. The lowest BCUT2D eigenvalue weighted by Crippen LogP contribution is -2.29. The molecule has 10 N–H and O–H groups in total. The van der Waals surface area contributed by atoms with Crippen LogP contribution in [0.5, 0.6) is 0 Å². The van der Waals surface area contributed by atoms with Gasteiger partial charge in [0, 0.05) is 64.5 Å². The van der Waals surface area contributed by atoms with Crippen LogP contribution in [0, 0.1) is 14.3 Å². The summed E-state index contributed by atoms with van der Waals surface area (Å²) in [6.07, 6.45) is 14.1. The fourth-order valence-corrected chi connectivity index (χ4v) is 10.4. The van der Waals surface area contributed by atoms with E-state index in [1.807, 2.05) is 155 Å². The number of aryl methyl sites for hydroxylation is 1. The van der Waals surface area contributed by atoms with Crippen LogP contribution in [0.2, 0.25) is 10.0 Å². The molecule has 0 saturated heterocycles. The lowest BCUT2D eigenvalue weighted by Gasteiger charge is -2.07. The van der Waals surface area contributed by atoms with Gasteiger partial charge in [0.25, 0.3) is 0 Å². The highest BCUT2D eigenvalue weighted by Crippen LogP contribution is 2.33. The minimum atomic E-state index is -1.41. The molecule has 0 aliphatic heterocycles. The van der Waals surface area contributed by atoms with E-state index in [0.29, 0.717) is 85.1 Å². The molecule has 0 atom stereocenters. The predicted molar refractivity (Wildman–Crippen MR) is 410 cm³/mol. The average molecular weight is 1600 g/mol. The zero-order valence-electron chi connectivity index (χ0n) is 52.4. The molecular weight excluding hydrogens is 1520 g/mol. The van der Waals surface area contributed by atoms with E-state index >= 15 is 0 Å². The summed E-state index contributed by atoms with van der Waals surface area (Å²) in [4.78, 5) is 65.6. The van der Waals surface area contributed by atoms with Crippen molar-refractivity contribution in [3.8, 4) is 28.3 Å². The molecule has 5 aromatic carbocycles. The van der Waals surface area contributed by atoms with Crippen LogP contribution in [0.3, 0.4) is 0 Å². The Balaban J connectivity index is 0.000000234. The number of nitrogens with zero attached hydrogens (tertiary/aromatic N) is 15. The van der Waals surface area contributed by atoms with Crippen molar-refractivity contribution in [2.45, 2.75) is 21.8 Å². The Morgan fingerprint density at radius 1 is 0.536 bits per heavy atom. The highest BCUT2D eigenvalue weighted by molar-refractivity contribution is 14.1. The van der Waals surface area contributed by atoms with Crippen LogP contribution in [0.1, 0.15) is 20.5 Å². The van der Waals surface area contributed by atoms with Gasteiger partial charge in [0.2, 0.25) is 17.1 Å². The number of amides is 2. The lowest BCUT2D eigenvalue weighted by molar-refractivity contribution is -0.112. The number of nitrogens with two attached hydrogens (primary N) is 3. The Morgan fingerprint density at radius 2 is 0.938 bits per heavy atom. The van der Waals surface area contributed by atoms with Gasteiger partial charge in [0.05, 0.1) is 38.9 Å². The highest BCUT2D eigenvalue weighted by Gasteiger charge is 2.20. The van der Waals surface area contributed by atoms with E-state index in [4.69, 9.17) is 67.2 Å². The molecule has 6 aromatic heterocycles. The van der Waals surface area contributed by atoms with E-state index in [0.717, 1.165) is 53.3 Å². The van der Waals surface area contributed by atoms with Gasteiger partial charge in [-0.15, -0.1) is 0 Å². The van der Waals surface area contributed by atoms with Crippen molar-refractivity contribution >= 4 is 171 Å². The van der Waals surface area contributed by atoms with E-state index < -0.39 is 12.4 Å². The van der Waals surface area contributed by atoms with Crippen molar-refractivity contribution in [2.24, 2.45) is 0 Å². The van der Waals surface area contributed by atoms with Crippen LogP contribution in [-0.4, -0.2) is 170 Å². The van der Waals surface area contributed by atoms with Crippen molar-refractivity contribution in [3.05, 3.63) is 200 Å². The Labute approximate surface area is 604 Å². The van der Waals surface area contributed by atoms with Crippen molar-refractivity contribution in [1.82, 2.24) is 73.9 Å². The number of aromatic nitrogens is 12. The first-order valence-electron chi connectivity index (χ1n) is 28.6. The third-order valence-corrected chi connectivity index (χ3v) is 15.0. The second kappa shape index (κ2) is 38.2. The Hall–Kier alpha value is -8.83. The maximum atomic E-state index is 12.2. The van der Waals surface area contributed by atoms with Crippen LogP contribution in [0.4, 0.5) is 28.7 Å². The molecule has 0 unspecified atom stereocenters. The maximum Gasteiger partial charge on any atom is 0.488 e. The smallest absolute Gasteiger partial charge is 0.423 e. The van der Waals surface area contributed by atoms with Gasteiger partial charge in [-0.25, -0.2) is 43.9 Å². The largest absolute Gasteiger partial charge is 0.488 e. The minimum Gasteiger partial charge on any atom is -0.423 e. The molecule has 2 amide bonds. The van der Waals surface area contributed by atoms with E-state index in [9.17, 15) is 14.4 Å². The molecule has 11 rings (SSSR count). The quantitative estimate of drug-likeness (QED) is 0.0155. The Bertz CT molecular complexity index is 4530. The second-order valence-corrected chi connectivity index (χ2v) is 24.4. The van der Waals surface area contributed by atoms with Crippen LogP contribution < -0.4 is 33.3 Å². The monoisotopic (exact) mass is 1600 g/mol. The zero-order valence-corrected chi connectivity index (χ0v) is 59.0. The normalized spacial score (nSPS) is 10.9. The summed E-state index contributed by atoms with van der Waals surface area (Å²) >= 11 is 20.9. The summed E-state index contributed by atoms with van der Waals surface area (Å²) in [5, 5.41) is 39.9. The molecular formula is C66H74BCl3I2N20O5. The molecule has 31 heteroatoms. The Morgan fingerprint density at radius 3 is 1.40 bits per heavy atom. The number of carbonyl (C=O) groups excluding carboxylic acids is 3. The number of fused-ring (bicyclic) bond motifs is 3. The molecule has 6 heterocycles. The summed E-state index contributed by atoms with van der Waals surface area (Å²) in [7, 11) is 10.2. The number of hydrogen-bond acceptors (Lipinski definition) is 20.